The van der Waals surface area contributed by atoms with Gasteiger partial charge in [-0.2, -0.15) is 0 Å². The van der Waals surface area contributed by atoms with E-state index in [9.17, 15) is 9.90 Å². The number of aryl methyl sites for hydroxylation is 2. The maximum atomic E-state index is 12.0. The highest BCUT2D eigenvalue weighted by atomic mass is 79.9. The zero-order chi connectivity index (χ0) is 17.5. The molecule has 0 aliphatic carbocycles. The summed E-state index contributed by atoms with van der Waals surface area (Å²) in [5, 5.41) is 15.2. The molecule has 1 aliphatic heterocycles. The monoisotopic (exact) mass is 397 g/mol. The van der Waals surface area contributed by atoms with Crippen molar-refractivity contribution in [3.63, 3.8) is 0 Å². The Balaban J connectivity index is 1.67. The summed E-state index contributed by atoms with van der Waals surface area (Å²) in [5.41, 5.74) is 2.96. The first-order valence-corrected chi connectivity index (χ1v) is 9.47. The molecule has 1 saturated heterocycles. The second-order valence-corrected chi connectivity index (χ2v) is 7.43. The van der Waals surface area contributed by atoms with Crippen molar-refractivity contribution in [1.82, 2.24) is 10.2 Å². The number of nitrogens with one attached hydrogen (secondary N) is 2. The molecule has 1 aliphatic rings. The molecule has 1 unspecified atom stereocenters. The average molecular weight is 398 g/mol. The van der Waals surface area contributed by atoms with E-state index in [1.54, 1.807) is 0 Å². The first kappa shape index (κ1) is 19.2. The van der Waals surface area contributed by atoms with Crippen LogP contribution in [0.5, 0.6) is 0 Å². The predicted octanol–water partition coefficient (Wildman–Crippen LogP) is 3.42. The highest BCUT2D eigenvalue weighted by Gasteiger charge is 2.22. The van der Waals surface area contributed by atoms with Crippen LogP contribution in [0.2, 0.25) is 0 Å². The van der Waals surface area contributed by atoms with E-state index in [0.29, 0.717) is 12.6 Å². The molecule has 0 aromatic heterocycles. The molecule has 0 bridgehead atoms. The fourth-order valence-electron chi connectivity index (χ4n) is 3.30. The average Bonchev–Trinajstić information content (AvgIpc) is 2.98. The normalized spacial score (nSPS) is 17.9. The summed E-state index contributed by atoms with van der Waals surface area (Å²) in [6.45, 7) is 6.98. The molecule has 1 aromatic carbocycles. The number of unbranched alkanes of at least 4 members (excludes halogenated alkanes) is 1. The Morgan fingerprint density at radius 3 is 2.71 bits per heavy atom. The Bertz CT molecular complexity index is 542. The molecule has 6 heteroatoms. The van der Waals surface area contributed by atoms with E-state index in [1.807, 2.05) is 26.0 Å². The van der Waals surface area contributed by atoms with Crippen molar-refractivity contribution < 1.29 is 9.90 Å². The number of halogens is 1. The molecule has 1 atom stereocenters. The van der Waals surface area contributed by atoms with Crippen molar-refractivity contribution in [1.29, 1.82) is 0 Å². The summed E-state index contributed by atoms with van der Waals surface area (Å²) < 4.78 is 1.02. The number of likely N-dealkylation sites (tertiary alicyclic amines) is 1. The third-order valence-electron chi connectivity index (χ3n) is 4.60. The third kappa shape index (κ3) is 5.46. The number of rotatable bonds is 7. The lowest BCUT2D eigenvalue weighted by atomic mass is 10.1. The van der Waals surface area contributed by atoms with Gasteiger partial charge >= 0.3 is 6.03 Å². The van der Waals surface area contributed by atoms with Crippen LogP contribution in [-0.4, -0.2) is 48.3 Å². The number of urea groups is 1. The van der Waals surface area contributed by atoms with Crippen molar-refractivity contribution in [2.24, 2.45) is 0 Å². The second-order valence-electron chi connectivity index (χ2n) is 6.52. The lowest BCUT2D eigenvalue weighted by Crippen LogP contribution is -2.34. The highest BCUT2D eigenvalue weighted by molar-refractivity contribution is 9.10. The van der Waals surface area contributed by atoms with Crippen molar-refractivity contribution in [2.45, 2.75) is 45.6 Å². The molecule has 134 valence electrons. The Kier molecular flexibility index (Phi) is 7.52. The van der Waals surface area contributed by atoms with E-state index >= 15 is 0 Å². The fraction of sp³-hybridized carbons (Fsp3) is 0.611. The summed E-state index contributed by atoms with van der Waals surface area (Å²) in [5.74, 6) is 0. The van der Waals surface area contributed by atoms with Crippen LogP contribution >= 0.6 is 15.9 Å². The smallest absolute Gasteiger partial charge is 0.319 e. The standard InChI is InChI=1S/C18H28BrN3O2/c1-13-10-15(19)11-14(2)17(13)21-18(24)20-7-3-4-8-22-9-5-6-16(22)12-23/h10-11,16,23H,3-9,12H2,1-2H3,(H2,20,21,24). The van der Waals surface area contributed by atoms with Crippen LogP contribution in [0.25, 0.3) is 0 Å². The number of nitrogens with zero attached hydrogens (tertiary/aromatic N) is 1. The van der Waals surface area contributed by atoms with Gasteiger partial charge in [0, 0.05) is 22.7 Å². The van der Waals surface area contributed by atoms with E-state index in [4.69, 9.17) is 0 Å². The lowest BCUT2D eigenvalue weighted by molar-refractivity contribution is 0.157. The molecule has 0 spiro atoms. The Morgan fingerprint density at radius 2 is 2.04 bits per heavy atom. The van der Waals surface area contributed by atoms with Gasteiger partial charge < -0.3 is 15.7 Å². The molecule has 2 amide bonds. The van der Waals surface area contributed by atoms with Gasteiger partial charge in [-0.05, 0) is 75.9 Å². The predicted molar refractivity (Wildman–Crippen MR) is 102 cm³/mol. The van der Waals surface area contributed by atoms with Crippen molar-refractivity contribution in [2.75, 3.05) is 31.6 Å². The molecule has 1 fully saturated rings. The van der Waals surface area contributed by atoms with Crippen LogP contribution < -0.4 is 10.6 Å². The number of benzene rings is 1. The van der Waals surface area contributed by atoms with Crippen LogP contribution in [0.3, 0.4) is 0 Å². The Labute approximate surface area is 152 Å². The van der Waals surface area contributed by atoms with Crippen LogP contribution in [0.4, 0.5) is 10.5 Å². The van der Waals surface area contributed by atoms with E-state index in [0.717, 1.165) is 53.6 Å². The van der Waals surface area contributed by atoms with Gasteiger partial charge in [-0.25, -0.2) is 4.79 Å². The molecule has 3 N–H and O–H groups in total. The molecule has 0 saturated carbocycles. The van der Waals surface area contributed by atoms with Crippen LogP contribution in [-0.2, 0) is 0 Å². The number of aliphatic hydroxyl groups excluding tert-OH is 1. The van der Waals surface area contributed by atoms with Gasteiger partial charge in [0.25, 0.3) is 0 Å². The SMILES string of the molecule is Cc1cc(Br)cc(C)c1NC(=O)NCCCCN1CCCC1CO. The van der Waals surface area contributed by atoms with Gasteiger partial charge in [0.1, 0.15) is 0 Å². The van der Waals surface area contributed by atoms with Gasteiger partial charge in [-0.15, -0.1) is 0 Å². The van der Waals surface area contributed by atoms with Crippen LogP contribution in [0, 0.1) is 13.8 Å². The number of hydrogen-bond donors (Lipinski definition) is 3. The van der Waals surface area contributed by atoms with E-state index in [-0.39, 0.29) is 12.6 Å². The quantitative estimate of drug-likeness (QED) is 0.617. The number of carbonyl (C=O) groups is 1. The number of carbonyl (C=O) groups excluding carboxylic acids is 1. The summed E-state index contributed by atoms with van der Waals surface area (Å²) in [6, 6.07) is 4.18. The number of anilines is 1. The molecular formula is C18H28BrN3O2. The van der Waals surface area contributed by atoms with Gasteiger partial charge in [0.05, 0.1) is 6.61 Å². The topological polar surface area (TPSA) is 64.6 Å². The minimum absolute atomic E-state index is 0.155. The van der Waals surface area contributed by atoms with Gasteiger partial charge in [0.15, 0.2) is 0 Å². The zero-order valence-electron chi connectivity index (χ0n) is 14.6. The van der Waals surface area contributed by atoms with Crippen molar-refractivity contribution in [3.8, 4) is 0 Å². The Morgan fingerprint density at radius 1 is 1.33 bits per heavy atom. The highest BCUT2D eigenvalue weighted by Crippen LogP contribution is 2.25. The maximum absolute atomic E-state index is 12.0. The minimum atomic E-state index is -0.155. The summed E-state index contributed by atoms with van der Waals surface area (Å²) in [4.78, 5) is 14.4. The molecule has 2 rings (SSSR count). The lowest BCUT2D eigenvalue weighted by Gasteiger charge is -2.22. The summed E-state index contributed by atoms with van der Waals surface area (Å²) in [7, 11) is 0. The fourth-order valence-corrected chi connectivity index (χ4v) is 3.99. The number of hydrogen-bond acceptors (Lipinski definition) is 3. The van der Waals surface area contributed by atoms with Crippen LogP contribution in [0.15, 0.2) is 16.6 Å². The van der Waals surface area contributed by atoms with E-state index in [2.05, 4.69) is 31.5 Å². The first-order chi connectivity index (χ1) is 11.5. The summed E-state index contributed by atoms with van der Waals surface area (Å²) in [6.07, 6.45) is 4.26. The number of aliphatic hydroxyl groups is 1. The molecule has 1 heterocycles. The molecular weight excluding hydrogens is 370 g/mol. The molecule has 5 nitrogen and oxygen atoms in total. The van der Waals surface area contributed by atoms with E-state index < -0.39 is 0 Å². The molecule has 1 aromatic rings. The zero-order valence-corrected chi connectivity index (χ0v) is 16.2. The maximum Gasteiger partial charge on any atom is 0.319 e. The summed E-state index contributed by atoms with van der Waals surface area (Å²) >= 11 is 3.46. The first-order valence-electron chi connectivity index (χ1n) is 8.67. The minimum Gasteiger partial charge on any atom is -0.395 e. The molecule has 24 heavy (non-hydrogen) atoms. The van der Waals surface area contributed by atoms with Gasteiger partial charge in [-0.1, -0.05) is 15.9 Å². The van der Waals surface area contributed by atoms with Crippen molar-refractivity contribution >= 4 is 27.6 Å². The van der Waals surface area contributed by atoms with Crippen molar-refractivity contribution in [3.05, 3.63) is 27.7 Å². The Hall–Kier alpha value is -1.11. The van der Waals surface area contributed by atoms with Gasteiger partial charge in [0.2, 0.25) is 0 Å². The van der Waals surface area contributed by atoms with Crippen LogP contribution in [0.1, 0.15) is 36.8 Å². The largest absolute Gasteiger partial charge is 0.395 e. The van der Waals surface area contributed by atoms with Gasteiger partial charge in [-0.3, -0.25) is 4.90 Å². The molecule has 0 radical (unpaired) electrons. The number of amides is 2. The van der Waals surface area contributed by atoms with E-state index in [1.165, 1.54) is 6.42 Å². The third-order valence-corrected chi connectivity index (χ3v) is 5.06. The second kappa shape index (κ2) is 9.39.